The summed E-state index contributed by atoms with van der Waals surface area (Å²) in [5.41, 5.74) is 2.75. The average Bonchev–Trinajstić information content (AvgIpc) is 2.65. The summed E-state index contributed by atoms with van der Waals surface area (Å²) in [5, 5.41) is 11.6. The third-order valence-electron chi connectivity index (χ3n) is 3.90. The Morgan fingerprint density at radius 1 is 0.923 bits per heavy atom. The van der Waals surface area contributed by atoms with Crippen molar-refractivity contribution in [1.82, 2.24) is 0 Å². The molecule has 2 aromatic carbocycles. The fraction of sp³-hybridized carbons (Fsp3) is 0.333. The van der Waals surface area contributed by atoms with Gasteiger partial charge in [-0.05, 0) is 54.7 Å². The zero-order chi connectivity index (χ0) is 18.8. The van der Waals surface area contributed by atoms with Crippen LogP contribution in [0.1, 0.15) is 37.3 Å². The van der Waals surface area contributed by atoms with Crippen LogP contribution in [0.4, 0.5) is 5.69 Å². The zero-order valence-electron chi connectivity index (χ0n) is 15.0. The highest BCUT2D eigenvalue weighted by atomic mass is 16.5. The second-order valence-corrected chi connectivity index (χ2v) is 6.13. The lowest BCUT2D eigenvalue weighted by Crippen LogP contribution is -2.12. The number of carbonyl (C=O) groups is 2. The van der Waals surface area contributed by atoms with E-state index in [9.17, 15) is 9.59 Å². The molecule has 1 amide bonds. The van der Waals surface area contributed by atoms with Crippen LogP contribution in [-0.4, -0.2) is 23.6 Å². The van der Waals surface area contributed by atoms with Gasteiger partial charge >= 0.3 is 5.97 Å². The van der Waals surface area contributed by atoms with Gasteiger partial charge in [-0.15, -0.1) is 0 Å². The maximum atomic E-state index is 12.1. The molecule has 2 N–H and O–H groups in total. The first-order valence-electron chi connectivity index (χ1n) is 8.89. The van der Waals surface area contributed by atoms with E-state index in [4.69, 9.17) is 9.84 Å². The number of rotatable bonds is 10. The highest BCUT2D eigenvalue weighted by molar-refractivity contribution is 5.90. The number of ether oxygens (including phenoxy) is 1. The molecule has 0 spiro atoms. The number of anilines is 1. The van der Waals surface area contributed by atoms with Crippen LogP contribution in [0.2, 0.25) is 0 Å². The number of carboxylic acids is 1. The van der Waals surface area contributed by atoms with Gasteiger partial charge < -0.3 is 15.2 Å². The fourth-order valence-corrected chi connectivity index (χ4v) is 2.46. The molecule has 0 aliphatic carbocycles. The number of nitrogens with one attached hydrogen (secondary N) is 1. The van der Waals surface area contributed by atoms with E-state index in [1.807, 2.05) is 36.4 Å². The van der Waals surface area contributed by atoms with Crippen molar-refractivity contribution in [2.75, 3.05) is 11.9 Å². The molecule has 0 aromatic heterocycles. The Bertz CT molecular complexity index is 708. The number of amides is 1. The maximum Gasteiger partial charge on any atom is 0.303 e. The van der Waals surface area contributed by atoms with Gasteiger partial charge in [0.15, 0.2) is 0 Å². The first-order valence-corrected chi connectivity index (χ1v) is 8.89. The van der Waals surface area contributed by atoms with E-state index in [0.29, 0.717) is 25.9 Å². The monoisotopic (exact) mass is 355 g/mol. The molecule has 0 saturated carbocycles. The molecule has 0 saturated heterocycles. The minimum atomic E-state index is -0.813. The Hall–Kier alpha value is -2.82. The van der Waals surface area contributed by atoms with Gasteiger partial charge in [0.1, 0.15) is 5.75 Å². The van der Waals surface area contributed by atoms with Crippen molar-refractivity contribution in [1.29, 1.82) is 0 Å². The quantitative estimate of drug-likeness (QED) is 0.674. The number of hydrogen-bond donors (Lipinski definition) is 2. The topological polar surface area (TPSA) is 75.6 Å². The smallest absolute Gasteiger partial charge is 0.303 e. The Balaban J connectivity index is 1.76. The van der Waals surface area contributed by atoms with Crippen LogP contribution in [0.15, 0.2) is 48.5 Å². The average molecular weight is 355 g/mol. The van der Waals surface area contributed by atoms with Gasteiger partial charge in [-0.1, -0.05) is 31.2 Å². The third kappa shape index (κ3) is 6.97. The highest BCUT2D eigenvalue weighted by Crippen LogP contribution is 2.15. The second kappa shape index (κ2) is 10.2. The highest BCUT2D eigenvalue weighted by Gasteiger charge is 2.05. The molecule has 0 heterocycles. The van der Waals surface area contributed by atoms with E-state index >= 15 is 0 Å². The molecule has 0 radical (unpaired) electrons. The molecule has 0 aliphatic rings. The van der Waals surface area contributed by atoms with Gasteiger partial charge in [0, 0.05) is 18.5 Å². The zero-order valence-corrected chi connectivity index (χ0v) is 15.0. The molecule has 5 nitrogen and oxygen atoms in total. The summed E-state index contributed by atoms with van der Waals surface area (Å²) in [4.78, 5) is 22.7. The molecule has 0 atom stereocenters. The molecule has 26 heavy (non-hydrogen) atoms. The third-order valence-corrected chi connectivity index (χ3v) is 3.90. The van der Waals surface area contributed by atoms with Crippen LogP contribution in [0.3, 0.4) is 0 Å². The summed E-state index contributed by atoms with van der Waals surface area (Å²) < 4.78 is 5.54. The minimum absolute atomic E-state index is 0.0467. The lowest BCUT2D eigenvalue weighted by Gasteiger charge is -2.08. The molecule has 0 bridgehead atoms. The predicted molar refractivity (Wildman–Crippen MR) is 102 cm³/mol. The Labute approximate surface area is 154 Å². The van der Waals surface area contributed by atoms with E-state index in [-0.39, 0.29) is 12.3 Å². The molecule has 0 fully saturated rings. The first-order chi connectivity index (χ1) is 12.6. The van der Waals surface area contributed by atoms with Crippen LogP contribution in [0, 0.1) is 0 Å². The number of carboxylic acid groups (broad SMARTS) is 1. The summed E-state index contributed by atoms with van der Waals surface area (Å²) >= 11 is 0. The number of hydrogen-bond acceptors (Lipinski definition) is 3. The largest absolute Gasteiger partial charge is 0.494 e. The van der Waals surface area contributed by atoms with Crippen LogP contribution in [0.5, 0.6) is 5.75 Å². The SMILES string of the molecule is CCCOc1ccc(CCC(=O)Nc2ccc(CCC(=O)O)cc2)cc1. The summed E-state index contributed by atoms with van der Waals surface area (Å²) in [6, 6.07) is 15.1. The normalized spacial score (nSPS) is 10.3. The van der Waals surface area contributed by atoms with Gasteiger partial charge in [0.2, 0.25) is 5.91 Å². The number of benzene rings is 2. The van der Waals surface area contributed by atoms with Gasteiger partial charge in [-0.2, -0.15) is 0 Å². The van der Waals surface area contributed by atoms with Crippen LogP contribution in [-0.2, 0) is 22.4 Å². The number of carbonyl (C=O) groups excluding carboxylic acids is 1. The Kier molecular flexibility index (Phi) is 7.68. The van der Waals surface area contributed by atoms with E-state index in [2.05, 4.69) is 12.2 Å². The molecule has 0 unspecified atom stereocenters. The summed E-state index contributed by atoms with van der Waals surface area (Å²) in [6.45, 7) is 2.77. The number of aliphatic carboxylic acids is 1. The second-order valence-electron chi connectivity index (χ2n) is 6.13. The molecule has 2 aromatic rings. The lowest BCUT2D eigenvalue weighted by molar-refractivity contribution is -0.137. The van der Waals surface area contributed by atoms with Crippen molar-refractivity contribution in [3.63, 3.8) is 0 Å². The molecule has 2 rings (SSSR count). The van der Waals surface area contributed by atoms with Gasteiger partial charge in [0.25, 0.3) is 0 Å². The lowest BCUT2D eigenvalue weighted by atomic mass is 10.1. The predicted octanol–water partition coefficient (Wildman–Crippen LogP) is 4.06. The van der Waals surface area contributed by atoms with Crippen molar-refractivity contribution in [2.45, 2.75) is 39.0 Å². The standard InChI is InChI=1S/C21H25NO4/c1-2-15-26-19-11-5-17(6-12-19)7-13-20(23)22-18-9-3-16(4-10-18)8-14-21(24)25/h3-6,9-12H,2,7-8,13-15H2,1H3,(H,22,23)(H,24,25). The van der Waals surface area contributed by atoms with Crippen molar-refractivity contribution in [3.05, 3.63) is 59.7 Å². The maximum absolute atomic E-state index is 12.1. The molecular weight excluding hydrogens is 330 g/mol. The van der Waals surface area contributed by atoms with Gasteiger partial charge in [-0.25, -0.2) is 0 Å². The van der Waals surface area contributed by atoms with Crippen LogP contribution in [0.25, 0.3) is 0 Å². The minimum Gasteiger partial charge on any atom is -0.494 e. The molecule has 5 heteroatoms. The van der Waals surface area contributed by atoms with Crippen LogP contribution >= 0.6 is 0 Å². The van der Waals surface area contributed by atoms with Crippen molar-refractivity contribution >= 4 is 17.6 Å². The van der Waals surface area contributed by atoms with Crippen molar-refractivity contribution in [2.24, 2.45) is 0 Å². The fourth-order valence-electron chi connectivity index (χ4n) is 2.46. The van der Waals surface area contributed by atoms with Crippen molar-refractivity contribution < 1.29 is 19.4 Å². The Morgan fingerprint density at radius 2 is 1.50 bits per heavy atom. The van der Waals surface area contributed by atoms with E-state index in [0.717, 1.165) is 29.0 Å². The first kappa shape index (κ1) is 19.5. The summed E-state index contributed by atoms with van der Waals surface area (Å²) in [7, 11) is 0. The van der Waals surface area contributed by atoms with Gasteiger partial charge in [-0.3, -0.25) is 9.59 Å². The van der Waals surface area contributed by atoms with Gasteiger partial charge in [0.05, 0.1) is 6.61 Å². The molecular formula is C21H25NO4. The van der Waals surface area contributed by atoms with Crippen molar-refractivity contribution in [3.8, 4) is 5.75 Å². The van der Waals surface area contributed by atoms with Crippen LogP contribution < -0.4 is 10.1 Å². The van der Waals surface area contributed by atoms with E-state index in [1.165, 1.54) is 0 Å². The summed E-state index contributed by atoms with van der Waals surface area (Å²) in [6.07, 6.45) is 2.63. The summed E-state index contributed by atoms with van der Waals surface area (Å²) in [5.74, 6) is -0.00928. The number of aryl methyl sites for hydroxylation is 2. The van der Waals surface area contributed by atoms with E-state index < -0.39 is 5.97 Å². The Morgan fingerprint density at radius 3 is 2.08 bits per heavy atom. The molecule has 0 aliphatic heterocycles. The van der Waals surface area contributed by atoms with E-state index in [1.54, 1.807) is 12.1 Å². The molecule has 138 valence electrons.